The van der Waals surface area contributed by atoms with Crippen molar-refractivity contribution in [2.75, 3.05) is 27.4 Å². The summed E-state index contributed by atoms with van der Waals surface area (Å²) in [4.78, 5) is 12.5. The Morgan fingerprint density at radius 1 is 1.17 bits per heavy atom. The highest BCUT2D eigenvalue weighted by Crippen LogP contribution is 2.26. The Morgan fingerprint density at radius 3 is 2.63 bits per heavy atom. The Balaban J connectivity index is 1.54. The number of benzene rings is 2. The normalized spacial score (nSPS) is 16.0. The molecule has 30 heavy (non-hydrogen) atoms. The molecule has 1 fully saturated rings. The van der Waals surface area contributed by atoms with Crippen molar-refractivity contribution in [3.05, 3.63) is 59.8 Å². The molecule has 1 unspecified atom stereocenters. The van der Waals surface area contributed by atoms with Gasteiger partial charge in [-0.15, -0.1) is 0 Å². The van der Waals surface area contributed by atoms with Gasteiger partial charge in [-0.3, -0.25) is 4.79 Å². The van der Waals surface area contributed by atoms with Crippen molar-refractivity contribution in [1.82, 2.24) is 9.88 Å². The molecule has 0 bridgehead atoms. The summed E-state index contributed by atoms with van der Waals surface area (Å²) in [7, 11) is 3.30. The highest BCUT2D eigenvalue weighted by molar-refractivity contribution is 5.89. The maximum absolute atomic E-state index is 12.5. The van der Waals surface area contributed by atoms with Crippen LogP contribution in [-0.4, -0.2) is 43.9 Å². The molecular formula is C24H28N2O4. The van der Waals surface area contributed by atoms with Crippen LogP contribution in [0, 0.1) is 0 Å². The zero-order chi connectivity index (χ0) is 20.9. The summed E-state index contributed by atoms with van der Waals surface area (Å²) in [6.45, 7) is 2.04. The number of carbonyl (C=O) groups is 1. The SMILES string of the molecule is COc1cc(Cn2cc(CC(=O)NCC3CCCO3)c3ccccc32)cc(OC)c1. The fourth-order valence-corrected chi connectivity index (χ4v) is 4.02. The standard InChI is InChI=1S/C24H28N2O4/c1-28-20-10-17(11-21(13-20)29-2)15-26-16-18(22-7-3-4-8-23(22)26)12-24(27)25-14-19-6-5-9-30-19/h3-4,7-8,10-11,13,16,19H,5-6,9,12,14-15H2,1-2H3,(H,25,27). The van der Waals surface area contributed by atoms with Crippen molar-refractivity contribution in [3.63, 3.8) is 0 Å². The van der Waals surface area contributed by atoms with Gasteiger partial charge >= 0.3 is 0 Å². The van der Waals surface area contributed by atoms with Crippen molar-refractivity contribution in [2.45, 2.75) is 31.9 Å². The number of para-hydroxylation sites is 1. The number of aromatic nitrogens is 1. The Labute approximate surface area is 176 Å². The lowest BCUT2D eigenvalue weighted by atomic mass is 10.1. The second-order valence-electron chi connectivity index (χ2n) is 7.64. The van der Waals surface area contributed by atoms with Crippen molar-refractivity contribution >= 4 is 16.8 Å². The third kappa shape index (κ3) is 4.60. The lowest BCUT2D eigenvalue weighted by molar-refractivity contribution is -0.120. The number of rotatable bonds is 8. The summed E-state index contributed by atoms with van der Waals surface area (Å²) >= 11 is 0. The molecule has 0 saturated carbocycles. The van der Waals surface area contributed by atoms with Gasteiger partial charge in [-0.1, -0.05) is 18.2 Å². The fraction of sp³-hybridized carbons (Fsp3) is 0.375. The third-order valence-corrected chi connectivity index (χ3v) is 5.54. The predicted octanol–water partition coefficient (Wildman–Crippen LogP) is 3.54. The van der Waals surface area contributed by atoms with E-state index >= 15 is 0 Å². The van der Waals surface area contributed by atoms with Gasteiger partial charge in [0.1, 0.15) is 11.5 Å². The summed E-state index contributed by atoms with van der Waals surface area (Å²) in [5.74, 6) is 1.54. The first kappa shape index (κ1) is 20.3. The highest BCUT2D eigenvalue weighted by Gasteiger charge is 2.17. The Bertz CT molecular complexity index is 999. The summed E-state index contributed by atoms with van der Waals surface area (Å²) in [6, 6.07) is 14.1. The van der Waals surface area contributed by atoms with E-state index in [2.05, 4.69) is 28.2 Å². The van der Waals surface area contributed by atoms with Gasteiger partial charge in [0, 0.05) is 42.9 Å². The monoisotopic (exact) mass is 408 g/mol. The van der Waals surface area contributed by atoms with Crippen LogP contribution in [-0.2, 0) is 22.5 Å². The van der Waals surface area contributed by atoms with Crippen molar-refractivity contribution in [3.8, 4) is 11.5 Å². The van der Waals surface area contributed by atoms with Crippen LogP contribution in [0.2, 0.25) is 0 Å². The van der Waals surface area contributed by atoms with Gasteiger partial charge < -0.3 is 24.1 Å². The minimum absolute atomic E-state index is 0.0245. The van der Waals surface area contributed by atoms with Crippen LogP contribution in [0.15, 0.2) is 48.7 Å². The van der Waals surface area contributed by atoms with Crippen molar-refractivity contribution in [2.24, 2.45) is 0 Å². The molecule has 1 amide bonds. The van der Waals surface area contributed by atoms with Gasteiger partial charge in [0.05, 0.1) is 26.7 Å². The Morgan fingerprint density at radius 2 is 1.93 bits per heavy atom. The van der Waals surface area contributed by atoms with E-state index in [-0.39, 0.29) is 12.0 Å². The van der Waals surface area contributed by atoms with Gasteiger partial charge in [-0.25, -0.2) is 0 Å². The lowest BCUT2D eigenvalue weighted by Crippen LogP contribution is -2.32. The Hall–Kier alpha value is -2.99. The molecule has 1 aromatic heterocycles. The molecule has 4 rings (SSSR count). The van der Waals surface area contributed by atoms with E-state index in [1.165, 1.54) is 0 Å². The first-order valence-electron chi connectivity index (χ1n) is 10.3. The first-order valence-corrected chi connectivity index (χ1v) is 10.3. The molecule has 1 aliphatic heterocycles. The molecule has 0 radical (unpaired) electrons. The molecule has 3 aromatic rings. The molecule has 1 saturated heterocycles. The van der Waals surface area contributed by atoms with Gasteiger partial charge in [-0.2, -0.15) is 0 Å². The van der Waals surface area contributed by atoms with Crippen LogP contribution in [0.3, 0.4) is 0 Å². The molecule has 2 heterocycles. The highest BCUT2D eigenvalue weighted by atomic mass is 16.5. The van der Waals surface area contributed by atoms with E-state index in [4.69, 9.17) is 14.2 Å². The number of ether oxygens (including phenoxy) is 3. The zero-order valence-electron chi connectivity index (χ0n) is 17.5. The minimum Gasteiger partial charge on any atom is -0.497 e. The number of methoxy groups -OCH3 is 2. The smallest absolute Gasteiger partial charge is 0.224 e. The molecule has 2 aromatic carbocycles. The number of nitrogens with zero attached hydrogens (tertiary/aromatic N) is 1. The topological polar surface area (TPSA) is 61.7 Å². The third-order valence-electron chi connectivity index (χ3n) is 5.54. The number of hydrogen-bond acceptors (Lipinski definition) is 4. The van der Waals surface area contributed by atoms with Gasteiger partial charge in [-0.05, 0) is 42.2 Å². The maximum Gasteiger partial charge on any atom is 0.224 e. The summed E-state index contributed by atoms with van der Waals surface area (Å²) < 4.78 is 18.6. The summed E-state index contributed by atoms with van der Waals surface area (Å²) in [5, 5.41) is 4.12. The summed E-state index contributed by atoms with van der Waals surface area (Å²) in [6.07, 6.45) is 4.66. The molecule has 158 valence electrons. The fourth-order valence-electron chi connectivity index (χ4n) is 4.02. The van der Waals surface area contributed by atoms with Gasteiger partial charge in [0.15, 0.2) is 0 Å². The number of amides is 1. The van der Waals surface area contributed by atoms with E-state index in [0.29, 0.717) is 19.5 Å². The lowest BCUT2D eigenvalue weighted by Gasteiger charge is -2.10. The number of fused-ring (bicyclic) bond motifs is 1. The summed E-state index contributed by atoms with van der Waals surface area (Å²) in [5.41, 5.74) is 3.19. The number of nitrogens with one attached hydrogen (secondary N) is 1. The molecule has 1 N–H and O–H groups in total. The van der Waals surface area contributed by atoms with Crippen LogP contribution in [0.5, 0.6) is 11.5 Å². The molecule has 6 heteroatoms. The first-order chi connectivity index (χ1) is 14.7. The van der Waals surface area contributed by atoms with Crippen molar-refractivity contribution < 1.29 is 19.0 Å². The minimum atomic E-state index is 0.0245. The largest absolute Gasteiger partial charge is 0.497 e. The molecule has 0 aliphatic carbocycles. The van der Waals surface area contributed by atoms with Gasteiger partial charge in [0.25, 0.3) is 0 Å². The van der Waals surface area contributed by atoms with Crippen molar-refractivity contribution in [1.29, 1.82) is 0 Å². The molecule has 1 aliphatic rings. The molecular weight excluding hydrogens is 380 g/mol. The van der Waals surface area contributed by atoms with Crippen LogP contribution < -0.4 is 14.8 Å². The number of hydrogen-bond donors (Lipinski definition) is 1. The van der Waals surface area contributed by atoms with E-state index in [0.717, 1.165) is 53.0 Å². The predicted molar refractivity (Wildman–Crippen MR) is 116 cm³/mol. The van der Waals surface area contributed by atoms with Crippen LogP contribution >= 0.6 is 0 Å². The average Bonchev–Trinajstić information content (AvgIpc) is 3.41. The van der Waals surface area contributed by atoms with E-state index in [9.17, 15) is 4.79 Å². The van der Waals surface area contributed by atoms with Crippen LogP contribution in [0.1, 0.15) is 24.0 Å². The van der Waals surface area contributed by atoms with Gasteiger partial charge in [0.2, 0.25) is 5.91 Å². The molecule has 6 nitrogen and oxygen atoms in total. The second kappa shape index (κ2) is 9.22. The van der Waals surface area contributed by atoms with E-state index < -0.39 is 0 Å². The Kier molecular flexibility index (Phi) is 6.23. The molecule has 0 spiro atoms. The van der Waals surface area contributed by atoms with E-state index in [1.807, 2.05) is 30.3 Å². The van der Waals surface area contributed by atoms with E-state index in [1.54, 1.807) is 14.2 Å². The quantitative estimate of drug-likeness (QED) is 0.619. The van der Waals surface area contributed by atoms with Crippen LogP contribution in [0.25, 0.3) is 10.9 Å². The average molecular weight is 408 g/mol. The maximum atomic E-state index is 12.5. The second-order valence-corrected chi connectivity index (χ2v) is 7.64. The zero-order valence-corrected chi connectivity index (χ0v) is 17.5. The van der Waals surface area contributed by atoms with Crippen LogP contribution in [0.4, 0.5) is 0 Å². The molecule has 1 atom stereocenters. The number of carbonyl (C=O) groups excluding carboxylic acids is 1.